The van der Waals surface area contributed by atoms with Crippen LogP contribution >= 0.6 is 0 Å². The number of aryl methyl sites for hydroxylation is 1. The van der Waals surface area contributed by atoms with E-state index in [1.807, 2.05) is 24.3 Å². The van der Waals surface area contributed by atoms with Gasteiger partial charge >= 0.3 is 5.97 Å². The number of hydrogen-bond donors (Lipinski definition) is 1. The molecule has 0 unspecified atom stereocenters. The van der Waals surface area contributed by atoms with Gasteiger partial charge in [-0.15, -0.1) is 0 Å². The van der Waals surface area contributed by atoms with E-state index in [0.717, 1.165) is 19.3 Å². The van der Waals surface area contributed by atoms with Crippen molar-refractivity contribution in [2.24, 2.45) is 0 Å². The molecule has 3 heteroatoms. The number of ether oxygens (including phenoxy) is 1. The van der Waals surface area contributed by atoms with Crippen molar-refractivity contribution in [2.75, 3.05) is 6.61 Å². The van der Waals surface area contributed by atoms with Crippen LogP contribution < -0.4 is 0 Å². The SMILES string of the molecule is O=C(OCCCCc1ccccc1)[C@H](O)c1ccccc1. The predicted octanol–water partition coefficient (Wildman–Crippen LogP) is 3.29. The molecule has 1 N–H and O–H groups in total. The van der Waals surface area contributed by atoms with E-state index in [-0.39, 0.29) is 0 Å². The third kappa shape index (κ3) is 5.04. The monoisotopic (exact) mass is 284 g/mol. The molecular formula is C18H20O3. The van der Waals surface area contributed by atoms with Crippen LogP contribution in [0.4, 0.5) is 0 Å². The van der Waals surface area contributed by atoms with Crippen LogP contribution in [0.5, 0.6) is 0 Å². The Labute approximate surface area is 125 Å². The lowest BCUT2D eigenvalue weighted by atomic mass is 10.1. The van der Waals surface area contributed by atoms with E-state index < -0.39 is 12.1 Å². The number of aliphatic hydroxyl groups is 1. The number of esters is 1. The summed E-state index contributed by atoms with van der Waals surface area (Å²) >= 11 is 0. The van der Waals surface area contributed by atoms with E-state index in [4.69, 9.17) is 4.74 Å². The number of carbonyl (C=O) groups excluding carboxylic acids is 1. The molecule has 1 atom stereocenters. The fraction of sp³-hybridized carbons (Fsp3) is 0.278. The summed E-state index contributed by atoms with van der Waals surface area (Å²) in [5.41, 5.74) is 1.85. The topological polar surface area (TPSA) is 46.5 Å². The lowest BCUT2D eigenvalue weighted by molar-refractivity contribution is -0.154. The summed E-state index contributed by atoms with van der Waals surface area (Å²) in [5, 5.41) is 9.85. The van der Waals surface area contributed by atoms with Crippen LogP contribution in [0.25, 0.3) is 0 Å². The minimum absolute atomic E-state index is 0.343. The lowest BCUT2D eigenvalue weighted by Gasteiger charge is -2.10. The Morgan fingerprint density at radius 3 is 2.24 bits per heavy atom. The third-order valence-corrected chi connectivity index (χ3v) is 3.29. The normalized spacial score (nSPS) is 11.9. The zero-order valence-electron chi connectivity index (χ0n) is 11.9. The number of benzene rings is 2. The Bertz CT molecular complexity index is 537. The van der Waals surface area contributed by atoms with Gasteiger partial charge in [0.05, 0.1) is 6.61 Å². The molecule has 110 valence electrons. The number of hydrogen-bond acceptors (Lipinski definition) is 3. The highest BCUT2D eigenvalue weighted by molar-refractivity contribution is 5.76. The summed E-state index contributed by atoms with van der Waals surface area (Å²) in [5.74, 6) is -0.582. The van der Waals surface area contributed by atoms with Crippen molar-refractivity contribution < 1.29 is 14.6 Å². The molecule has 2 aromatic rings. The van der Waals surface area contributed by atoms with Gasteiger partial charge in [0, 0.05) is 0 Å². The van der Waals surface area contributed by atoms with Gasteiger partial charge in [0.1, 0.15) is 0 Å². The van der Waals surface area contributed by atoms with Gasteiger partial charge in [-0.2, -0.15) is 0 Å². The van der Waals surface area contributed by atoms with E-state index in [9.17, 15) is 9.90 Å². The Hall–Kier alpha value is -2.13. The molecular weight excluding hydrogens is 264 g/mol. The highest BCUT2D eigenvalue weighted by Gasteiger charge is 2.18. The molecule has 0 bridgehead atoms. The zero-order valence-corrected chi connectivity index (χ0v) is 11.9. The highest BCUT2D eigenvalue weighted by atomic mass is 16.5. The molecule has 0 fully saturated rings. The van der Waals surface area contributed by atoms with Crippen LogP contribution in [0.15, 0.2) is 60.7 Å². The van der Waals surface area contributed by atoms with Gasteiger partial charge in [-0.1, -0.05) is 60.7 Å². The van der Waals surface area contributed by atoms with Gasteiger partial charge in [0.15, 0.2) is 6.10 Å². The average molecular weight is 284 g/mol. The fourth-order valence-electron chi connectivity index (χ4n) is 2.10. The predicted molar refractivity (Wildman–Crippen MR) is 81.7 cm³/mol. The molecule has 0 amide bonds. The van der Waals surface area contributed by atoms with Gasteiger partial charge in [-0.25, -0.2) is 4.79 Å². The largest absolute Gasteiger partial charge is 0.464 e. The molecule has 0 heterocycles. The third-order valence-electron chi connectivity index (χ3n) is 3.29. The Morgan fingerprint density at radius 2 is 1.57 bits per heavy atom. The number of unbranched alkanes of at least 4 members (excludes halogenated alkanes) is 1. The first-order valence-electron chi connectivity index (χ1n) is 7.21. The van der Waals surface area contributed by atoms with Gasteiger partial charge in [-0.05, 0) is 30.4 Å². The van der Waals surface area contributed by atoms with Crippen LogP contribution in [-0.2, 0) is 16.0 Å². The highest BCUT2D eigenvalue weighted by Crippen LogP contribution is 2.14. The summed E-state index contributed by atoms with van der Waals surface area (Å²) in [4.78, 5) is 11.7. The second-order valence-electron chi connectivity index (χ2n) is 4.92. The molecule has 0 saturated heterocycles. The van der Waals surface area contributed by atoms with Crippen molar-refractivity contribution in [3.63, 3.8) is 0 Å². The minimum Gasteiger partial charge on any atom is -0.464 e. The summed E-state index contributed by atoms with van der Waals surface area (Å²) in [6.45, 7) is 0.343. The van der Waals surface area contributed by atoms with Crippen molar-refractivity contribution in [1.29, 1.82) is 0 Å². The van der Waals surface area contributed by atoms with Crippen molar-refractivity contribution in [1.82, 2.24) is 0 Å². The molecule has 0 aliphatic rings. The van der Waals surface area contributed by atoms with Gasteiger partial charge in [0.25, 0.3) is 0 Å². The smallest absolute Gasteiger partial charge is 0.339 e. The number of rotatable bonds is 7. The van der Waals surface area contributed by atoms with E-state index >= 15 is 0 Å². The van der Waals surface area contributed by atoms with Crippen LogP contribution in [0.2, 0.25) is 0 Å². The Morgan fingerprint density at radius 1 is 0.952 bits per heavy atom. The summed E-state index contributed by atoms with van der Waals surface area (Å²) < 4.78 is 5.11. The minimum atomic E-state index is -1.19. The summed E-state index contributed by atoms with van der Waals surface area (Å²) in [7, 11) is 0. The van der Waals surface area contributed by atoms with Crippen LogP contribution in [0.3, 0.4) is 0 Å². The van der Waals surface area contributed by atoms with Crippen LogP contribution in [-0.4, -0.2) is 17.7 Å². The second-order valence-corrected chi connectivity index (χ2v) is 4.92. The first-order chi connectivity index (χ1) is 10.3. The number of carbonyl (C=O) groups is 1. The molecule has 0 spiro atoms. The van der Waals surface area contributed by atoms with Crippen molar-refractivity contribution >= 4 is 5.97 Å². The Kier molecular flexibility index (Phi) is 5.98. The summed E-state index contributed by atoms with van der Waals surface area (Å²) in [6.07, 6.45) is 1.53. The van der Waals surface area contributed by atoms with Gasteiger partial charge in [0.2, 0.25) is 0 Å². The fourth-order valence-corrected chi connectivity index (χ4v) is 2.10. The molecule has 2 aromatic carbocycles. The van der Waals surface area contributed by atoms with E-state index in [0.29, 0.717) is 12.2 Å². The standard InChI is InChI=1S/C18H20O3/c19-17(16-12-5-2-6-13-16)18(20)21-14-8-7-11-15-9-3-1-4-10-15/h1-6,9-10,12-13,17,19H,7-8,11,14H2/t17-/m1/s1. The molecule has 0 saturated carbocycles. The van der Waals surface area contributed by atoms with E-state index in [1.165, 1.54) is 5.56 Å². The average Bonchev–Trinajstić information content (AvgIpc) is 2.55. The van der Waals surface area contributed by atoms with Crippen LogP contribution in [0.1, 0.15) is 30.1 Å². The quantitative estimate of drug-likeness (QED) is 0.627. The zero-order chi connectivity index (χ0) is 14.9. The number of aliphatic hydroxyl groups excluding tert-OH is 1. The Balaban J connectivity index is 1.65. The van der Waals surface area contributed by atoms with Crippen molar-refractivity contribution in [3.05, 3.63) is 71.8 Å². The summed E-state index contributed by atoms with van der Waals surface area (Å²) in [6, 6.07) is 19.0. The van der Waals surface area contributed by atoms with Gasteiger partial charge < -0.3 is 9.84 Å². The van der Waals surface area contributed by atoms with Gasteiger partial charge in [-0.3, -0.25) is 0 Å². The van der Waals surface area contributed by atoms with Crippen molar-refractivity contribution in [3.8, 4) is 0 Å². The molecule has 2 rings (SSSR count). The molecule has 3 nitrogen and oxygen atoms in total. The molecule has 0 aliphatic heterocycles. The maximum absolute atomic E-state index is 11.7. The van der Waals surface area contributed by atoms with Crippen LogP contribution in [0, 0.1) is 0 Å². The van der Waals surface area contributed by atoms with E-state index in [1.54, 1.807) is 24.3 Å². The molecule has 0 aromatic heterocycles. The molecule has 0 radical (unpaired) electrons. The second kappa shape index (κ2) is 8.22. The van der Waals surface area contributed by atoms with Crippen molar-refractivity contribution in [2.45, 2.75) is 25.4 Å². The maximum atomic E-state index is 11.7. The molecule has 21 heavy (non-hydrogen) atoms. The first kappa shape index (κ1) is 15.3. The van der Waals surface area contributed by atoms with E-state index in [2.05, 4.69) is 12.1 Å². The first-order valence-corrected chi connectivity index (χ1v) is 7.21. The maximum Gasteiger partial charge on any atom is 0.339 e. The molecule has 0 aliphatic carbocycles. The lowest BCUT2D eigenvalue weighted by Crippen LogP contribution is -2.16.